The van der Waals surface area contributed by atoms with Crippen molar-refractivity contribution in [3.8, 4) is 5.75 Å². The van der Waals surface area contributed by atoms with Gasteiger partial charge in [0.05, 0.1) is 22.6 Å². The molecule has 0 atom stereocenters. The Balaban J connectivity index is 1.63. The van der Waals surface area contributed by atoms with E-state index >= 15 is 0 Å². The highest BCUT2D eigenvalue weighted by molar-refractivity contribution is 6.07. The first-order chi connectivity index (χ1) is 15.9. The van der Waals surface area contributed by atoms with Crippen molar-refractivity contribution in [2.75, 3.05) is 49.2 Å². The Morgan fingerprint density at radius 3 is 2.33 bits per heavy atom. The van der Waals surface area contributed by atoms with E-state index < -0.39 is 17.7 Å². The second-order valence-electron chi connectivity index (χ2n) is 7.92. The zero-order valence-corrected chi connectivity index (χ0v) is 18.3. The second-order valence-corrected chi connectivity index (χ2v) is 7.92. The van der Waals surface area contributed by atoms with Crippen LogP contribution in [0.5, 0.6) is 5.75 Å². The molecule has 1 saturated heterocycles. The number of esters is 1. The normalized spacial score (nSPS) is 14.1. The van der Waals surface area contributed by atoms with E-state index in [1.165, 1.54) is 12.1 Å². The molecule has 7 nitrogen and oxygen atoms in total. The maximum atomic E-state index is 13.5. The van der Waals surface area contributed by atoms with E-state index in [1.807, 2.05) is 12.1 Å². The van der Waals surface area contributed by atoms with Gasteiger partial charge in [0.2, 0.25) is 0 Å². The Morgan fingerprint density at radius 1 is 0.939 bits per heavy atom. The fourth-order valence-electron chi connectivity index (χ4n) is 3.62. The maximum absolute atomic E-state index is 13.5. The van der Waals surface area contributed by atoms with E-state index in [4.69, 9.17) is 10.5 Å². The SMILES string of the molecule is CN1CCN(c2ccc(C(=O)Oc3ccccc3)cc2NC(=O)c2ccc(F)c(N)c2)CC1. The van der Waals surface area contributed by atoms with Crippen molar-refractivity contribution in [3.63, 3.8) is 0 Å². The van der Waals surface area contributed by atoms with Crippen molar-refractivity contribution < 1.29 is 18.7 Å². The molecular weight excluding hydrogens is 423 g/mol. The summed E-state index contributed by atoms with van der Waals surface area (Å²) in [4.78, 5) is 30.0. The highest BCUT2D eigenvalue weighted by atomic mass is 19.1. The number of hydrogen-bond acceptors (Lipinski definition) is 6. The molecule has 0 radical (unpaired) electrons. The fourth-order valence-corrected chi connectivity index (χ4v) is 3.62. The summed E-state index contributed by atoms with van der Waals surface area (Å²) in [6.07, 6.45) is 0. The molecule has 0 unspecified atom stereocenters. The third kappa shape index (κ3) is 5.30. The van der Waals surface area contributed by atoms with Gasteiger partial charge in [-0.15, -0.1) is 0 Å². The van der Waals surface area contributed by atoms with E-state index in [2.05, 4.69) is 22.2 Å². The van der Waals surface area contributed by atoms with Crippen LogP contribution in [0.4, 0.5) is 21.5 Å². The molecule has 1 aliphatic rings. The van der Waals surface area contributed by atoms with Gasteiger partial charge in [0.25, 0.3) is 5.91 Å². The van der Waals surface area contributed by atoms with Gasteiger partial charge in [-0.05, 0) is 55.6 Å². The van der Waals surface area contributed by atoms with Gasteiger partial charge >= 0.3 is 5.97 Å². The summed E-state index contributed by atoms with van der Waals surface area (Å²) in [5.74, 6) is -1.15. The number of nitrogen functional groups attached to an aromatic ring is 1. The van der Waals surface area contributed by atoms with Gasteiger partial charge in [-0.3, -0.25) is 4.79 Å². The molecule has 1 amide bonds. The number of nitrogens with two attached hydrogens (primary N) is 1. The van der Waals surface area contributed by atoms with Crippen LogP contribution in [-0.2, 0) is 0 Å². The lowest BCUT2D eigenvalue weighted by molar-refractivity contribution is 0.0734. The van der Waals surface area contributed by atoms with Gasteiger partial charge in [0.1, 0.15) is 11.6 Å². The van der Waals surface area contributed by atoms with E-state index in [0.717, 1.165) is 37.9 Å². The molecule has 3 N–H and O–H groups in total. The summed E-state index contributed by atoms with van der Waals surface area (Å²) in [5.41, 5.74) is 7.29. The molecule has 4 rings (SSSR count). The first-order valence-electron chi connectivity index (χ1n) is 10.6. The number of nitrogens with zero attached hydrogens (tertiary/aromatic N) is 2. The minimum absolute atomic E-state index is 0.109. The second kappa shape index (κ2) is 9.70. The molecule has 0 spiro atoms. The van der Waals surface area contributed by atoms with Crippen LogP contribution in [0.15, 0.2) is 66.7 Å². The predicted octanol–water partition coefficient (Wildman–Crippen LogP) is 3.63. The van der Waals surface area contributed by atoms with E-state index in [1.54, 1.807) is 36.4 Å². The van der Waals surface area contributed by atoms with Gasteiger partial charge < -0.3 is 25.6 Å². The molecule has 1 heterocycles. The number of anilines is 3. The first kappa shape index (κ1) is 22.3. The summed E-state index contributed by atoms with van der Waals surface area (Å²) in [7, 11) is 2.06. The predicted molar refractivity (Wildman–Crippen MR) is 126 cm³/mol. The van der Waals surface area contributed by atoms with E-state index in [9.17, 15) is 14.0 Å². The standard InChI is InChI=1S/C25H25FN4O3/c1-29-11-13-30(14-12-29)23-10-8-18(25(32)33-19-5-3-2-4-6-19)16-22(23)28-24(31)17-7-9-20(26)21(27)15-17/h2-10,15-16H,11-14,27H2,1H3,(H,28,31). The van der Waals surface area contributed by atoms with Crippen LogP contribution >= 0.6 is 0 Å². The molecule has 0 bridgehead atoms. The third-order valence-electron chi connectivity index (χ3n) is 5.54. The zero-order valence-electron chi connectivity index (χ0n) is 18.3. The quantitative estimate of drug-likeness (QED) is 0.352. The third-order valence-corrected chi connectivity index (χ3v) is 5.54. The molecule has 0 aromatic heterocycles. The number of ether oxygens (including phenoxy) is 1. The van der Waals surface area contributed by atoms with Gasteiger partial charge in [0, 0.05) is 31.7 Å². The van der Waals surface area contributed by atoms with Crippen molar-refractivity contribution in [2.24, 2.45) is 0 Å². The highest BCUT2D eigenvalue weighted by Gasteiger charge is 2.21. The smallest absolute Gasteiger partial charge is 0.343 e. The molecule has 8 heteroatoms. The van der Waals surface area contributed by atoms with Crippen LogP contribution in [0.25, 0.3) is 0 Å². The van der Waals surface area contributed by atoms with Crippen LogP contribution in [0, 0.1) is 5.82 Å². The van der Waals surface area contributed by atoms with Gasteiger partial charge in [-0.25, -0.2) is 9.18 Å². The number of hydrogen-bond donors (Lipinski definition) is 2. The van der Waals surface area contributed by atoms with Gasteiger partial charge in [0.15, 0.2) is 0 Å². The lowest BCUT2D eigenvalue weighted by Gasteiger charge is -2.35. The lowest BCUT2D eigenvalue weighted by atomic mass is 10.1. The first-order valence-corrected chi connectivity index (χ1v) is 10.6. The van der Waals surface area contributed by atoms with E-state index in [0.29, 0.717) is 17.0 Å². The molecule has 33 heavy (non-hydrogen) atoms. The monoisotopic (exact) mass is 448 g/mol. The van der Waals surface area contributed by atoms with Crippen LogP contribution < -0.4 is 20.7 Å². The van der Waals surface area contributed by atoms with Crippen molar-refractivity contribution in [1.82, 2.24) is 4.90 Å². The molecule has 170 valence electrons. The number of nitrogens with one attached hydrogen (secondary N) is 1. The van der Waals surface area contributed by atoms with Crippen molar-refractivity contribution in [1.29, 1.82) is 0 Å². The van der Waals surface area contributed by atoms with Crippen LogP contribution in [0.1, 0.15) is 20.7 Å². The number of para-hydroxylation sites is 1. The van der Waals surface area contributed by atoms with Gasteiger partial charge in [-0.2, -0.15) is 0 Å². The fraction of sp³-hybridized carbons (Fsp3) is 0.200. The van der Waals surface area contributed by atoms with Crippen molar-refractivity contribution in [3.05, 3.63) is 83.7 Å². The molecular formula is C25H25FN4O3. The minimum atomic E-state index is -0.588. The molecule has 1 fully saturated rings. The summed E-state index contributed by atoms with van der Waals surface area (Å²) < 4.78 is 19.0. The Kier molecular flexibility index (Phi) is 6.55. The lowest BCUT2D eigenvalue weighted by Crippen LogP contribution is -2.44. The summed E-state index contributed by atoms with van der Waals surface area (Å²) >= 11 is 0. The van der Waals surface area contributed by atoms with Crippen LogP contribution in [0.2, 0.25) is 0 Å². The Labute approximate surface area is 191 Å². The van der Waals surface area contributed by atoms with Crippen LogP contribution in [0.3, 0.4) is 0 Å². The van der Waals surface area contributed by atoms with Crippen molar-refractivity contribution >= 4 is 28.9 Å². The number of rotatable bonds is 5. The topological polar surface area (TPSA) is 87.9 Å². The van der Waals surface area contributed by atoms with Gasteiger partial charge in [-0.1, -0.05) is 18.2 Å². The number of likely N-dealkylation sites (N-methyl/N-ethyl adjacent to an activating group) is 1. The molecule has 3 aromatic rings. The molecule has 3 aromatic carbocycles. The minimum Gasteiger partial charge on any atom is -0.423 e. The Bertz CT molecular complexity index is 1160. The molecule has 0 saturated carbocycles. The summed E-state index contributed by atoms with van der Waals surface area (Å²) in [5, 5.41) is 2.86. The number of piperazine rings is 1. The average molecular weight is 448 g/mol. The van der Waals surface area contributed by atoms with Crippen molar-refractivity contribution in [2.45, 2.75) is 0 Å². The summed E-state index contributed by atoms with van der Waals surface area (Å²) in [6.45, 7) is 3.30. The highest BCUT2D eigenvalue weighted by Crippen LogP contribution is 2.29. The number of benzene rings is 3. The number of carbonyl (C=O) groups is 2. The molecule has 0 aliphatic carbocycles. The maximum Gasteiger partial charge on any atom is 0.343 e. The number of carbonyl (C=O) groups excluding carboxylic acids is 2. The summed E-state index contributed by atoms with van der Waals surface area (Å²) in [6, 6.07) is 17.7. The molecule has 1 aliphatic heterocycles. The zero-order chi connectivity index (χ0) is 23.4. The largest absolute Gasteiger partial charge is 0.423 e. The number of halogens is 1. The average Bonchev–Trinajstić information content (AvgIpc) is 2.82. The Hall–Kier alpha value is -3.91. The van der Waals surface area contributed by atoms with Crippen LogP contribution in [-0.4, -0.2) is 50.0 Å². The Morgan fingerprint density at radius 2 is 1.64 bits per heavy atom. The van der Waals surface area contributed by atoms with E-state index in [-0.39, 0.29) is 11.3 Å². The number of amides is 1.